The molecule has 6 nitrogen and oxygen atoms in total. The Morgan fingerprint density at radius 2 is 1.43 bits per heavy atom. The molecule has 6 heteroatoms. The van der Waals surface area contributed by atoms with Crippen molar-refractivity contribution in [2.75, 3.05) is 26.2 Å². The summed E-state index contributed by atoms with van der Waals surface area (Å²) in [7, 11) is 0. The van der Waals surface area contributed by atoms with Crippen LogP contribution in [0.2, 0.25) is 0 Å². The van der Waals surface area contributed by atoms with Crippen LogP contribution in [0.25, 0.3) is 0 Å². The molecule has 2 aromatic carbocycles. The van der Waals surface area contributed by atoms with E-state index in [-0.39, 0.29) is 5.91 Å². The highest BCUT2D eigenvalue weighted by Gasteiger charge is 2.77. The van der Waals surface area contributed by atoms with Crippen LogP contribution >= 0.6 is 0 Å². The first kappa shape index (κ1) is 20.9. The molecule has 2 aliphatic heterocycles. The van der Waals surface area contributed by atoms with E-state index < -0.39 is 11.6 Å². The summed E-state index contributed by atoms with van der Waals surface area (Å²) in [6.45, 7) is 3.16. The molecule has 35 heavy (non-hydrogen) atoms. The van der Waals surface area contributed by atoms with Crippen LogP contribution in [0.3, 0.4) is 0 Å². The number of rotatable bonds is 3. The number of hydrogen-bond donors (Lipinski definition) is 1. The fraction of sp³-hybridized carbons (Fsp3) is 0.552. The zero-order valence-corrected chi connectivity index (χ0v) is 19.9. The Morgan fingerprint density at radius 1 is 0.800 bits per heavy atom. The molecule has 2 aromatic rings. The molecule has 6 fully saturated rings. The fourth-order valence-electron chi connectivity index (χ4n) is 8.72. The molecular formula is C29H32N2O4. The van der Waals surface area contributed by atoms with Crippen LogP contribution in [-0.4, -0.2) is 42.8 Å². The second kappa shape index (κ2) is 7.16. The van der Waals surface area contributed by atoms with E-state index in [0.29, 0.717) is 22.8 Å². The van der Waals surface area contributed by atoms with Gasteiger partial charge in [0.2, 0.25) is 5.79 Å². The van der Waals surface area contributed by atoms with Crippen molar-refractivity contribution in [3.8, 4) is 0 Å². The molecule has 8 rings (SSSR count). The number of carbonyl (C=O) groups excluding carboxylic acids is 1. The van der Waals surface area contributed by atoms with Crippen molar-refractivity contribution >= 4 is 5.91 Å². The van der Waals surface area contributed by atoms with Gasteiger partial charge in [-0.15, -0.1) is 0 Å². The third-order valence-electron chi connectivity index (χ3n) is 10.4. The molecule has 4 aliphatic carbocycles. The van der Waals surface area contributed by atoms with Crippen molar-refractivity contribution in [2.45, 2.75) is 43.7 Å². The zero-order valence-electron chi connectivity index (χ0n) is 19.9. The molecule has 3 bridgehead atoms. The van der Waals surface area contributed by atoms with Crippen LogP contribution in [0.5, 0.6) is 0 Å². The second-order valence-corrected chi connectivity index (χ2v) is 11.7. The Labute approximate surface area is 205 Å². The predicted molar refractivity (Wildman–Crippen MR) is 128 cm³/mol. The van der Waals surface area contributed by atoms with Crippen LogP contribution in [0, 0.1) is 29.1 Å². The molecule has 2 heterocycles. The minimum atomic E-state index is -1.13. The summed E-state index contributed by atoms with van der Waals surface area (Å²) in [4.78, 5) is 27.7. The van der Waals surface area contributed by atoms with E-state index in [9.17, 15) is 4.79 Å². The first-order valence-electron chi connectivity index (χ1n) is 13.4. The summed E-state index contributed by atoms with van der Waals surface area (Å²) in [6, 6.07) is 17.9. The van der Waals surface area contributed by atoms with Gasteiger partial charge in [-0.3, -0.25) is 4.79 Å². The van der Waals surface area contributed by atoms with Crippen molar-refractivity contribution in [1.29, 1.82) is 0 Å². The van der Waals surface area contributed by atoms with E-state index in [2.05, 4.69) is 17.4 Å². The van der Waals surface area contributed by atoms with Crippen molar-refractivity contribution in [1.82, 2.24) is 10.2 Å². The van der Waals surface area contributed by atoms with E-state index in [1.54, 1.807) is 0 Å². The van der Waals surface area contributed by atoms with E-state index >= 15 is 0 Å². The van der Waals surface area contributed by atoms with E-state index in [1.165, 1.54) is 32.1 Å². The van der Waals surface area contributed by atoms with Gasteiger partial charge >= 0.3 is 0 Å². The first-order valence-corrected chi connectivity index (χ1v) is 13.4. The van der Waals surface area contributed by atoms with Gasteiger partial charge in [0.25, 0.3) is 11.7 Å². The SMILES string of the molecule is O=C(c1ccc([C@@]2(c3ccccc3)OOC3(O2)C2CC4CC5CC3CC45C2)cc1)N1CCNCC1. The zero-order chi connectivity index (χ0) is 23.3. The minimum absolute atomic E-state index is 0.0764. The van der Waals surface area contributed by atoms with Crippen molar-refractivity contribution in [3.63, 3.8) is 0 Å². The van der Waals surface area contributed by atoms with Gasteiger partial charge in [0.05, 0.1) is 0 Å². The molecule has 5 atom stereocenters. The number of nitrogens with zero attached hydrogens (tertiary/aromatic N) is 1. The number of benzene rings is 2. The van der Waals surface area contributed by atoms with Gasteiger partial charge in [-0.1, -0.05) is 42.5 Å². The fourth-order valence-corrected chi connectivity index (χ4v) is 8.72. The van der Waals surface area contributed by atoms with Crippen molar-refractivity contribution in [2.24, 2.45) is 29.1 Å². The Balaban J connectivity index is 1.16. The lowest BCUT2D eigenvalue weighted by Gasteiger charge is -2.49. The average Bonchev–Trinajstić information content (AvgIpc) is 3.52. The summed E-state index contributed by atoms with van der Waals surface area (Å²) in [5.41, 5.74) is 3.06. The third kappa shape index (κ3) is 2.66. The van der Waals surface area contributed by atoms with Crippen LogP contribution in [0.15, 0.2) is 54.6 Å². The number of fused-ring (bicyclic) bond motifs is 4. The first-order chi connectivity index (χ1) is 17.1. The molecule has 2 saturated heterocycles. The molecule has 182 valence electrons. The third-order valence-corrected chi connectivity index (χ3v) is 10.4. The smallest absolute Gasteiger partial charge is 0.256 e. The predicted octanol–water partition coefficient (Wildman–Crippen LogP) is 4.06. The molecule has 2 spiro atoms. The number of piperazine rings is 1. The minimum Gasteiger partial charge on any atom is -0.336 e. The Morgan fingerprint density at radius 3 is 2.11 bits per heavy atom. The molecule has 4 unspecified atom stereocenters. The number of ether oxygens (including phenoxy) is 1. The quantitative estimate of drug-likeness (QED) is 0.683. The highest BCUT2D eigenvalue weighted by Crippen LogP contribution is 2.79. The van der Waals surface area contributed by atoms with Gasteiger partial charge in [0.1, 0.15) is 0 Å². The topological polar surface area (TPSA) is 60.0 Å². The van der Waals surface area contributed by atoms with Gasteiger partial charge in [-0.05, 0) is 61.5 Å². The molecule has 0 radical (unpaired) electrons. The van der Waals surface area contributed by atoms with Crippen LogP contribution in [0.4, 0.5) is 0 Å². The van der Waals surface area contributed by atoms with Crippen molar-refractivity contribution in [3.05, 3.63) is 71.3 Å². The van der Waals surface area contributed by atoms with Crippen molar-refractivity contribution < 1.29 is 19.3 Å². The lowest BCUT2D eigenvalue weighted by molar-refractivity contribution is -0.370. The van der Waals surface area contributed by atoms with Crippen LogP contribution in [0.1, 0.15) is 53.6 Å². The summed E-state index contributed by atoms with van der Waals surface area (Å²) >= 11 is 0. The number of carbonyl (C=O) groups is 1. The molecule has 4 saturated carbocycles. The van der Waals surface area contributed by atoms with Gasteiger partial charge in [0, 0.05) is 54.7 Å². The Bertz CT molecular complexity index is 1140. The largest absolute Gasteiger partial charge is 0.336 e. The molecule has 1 amide bonds. The Hall–Kier alpha value is -2.25. The van der Waals surface area contributed by atoms with Gasteiger partial charge < -0.3 is 15.0 Å². The highest BCUT2D eigenvalue weighted by molar-refractivity contribution is 5.94. The van der Waals surface area contributed by atoms with Crippen LogP contribution < -0.4 is 5.32 Å². The lowest BCUT2D eigenvalue weighted by Crippen LogP contribution is -2.49. The maximum atomic E-state index is 13.0. The number of nitrogens with one attached hydrogen (secondary N) is 1. The maximum absolute atomic E-state index is 13.0. The average molecular weight is 473 g/mol. The monoisotopic (exact) mass is 472 g/mol. The van der Waals surface area contributed by atoms with Gasteiger partial charge in [-0.2, -0.15) is 9.78 Å². The Kier molecular flexibility index (Phi) is 4.27. The lowest BCUT2D eigenvalue weighted by atomic mass is 9.56. The molecule has 0 aromatic heterocycles. The second-order valence-electron chi connectivity index (χ2n) is 11.7. The van der Waals surface area contributed by atoms with Gasteiger partial charge in [-0.25, -0.2) is 0 Å². The summed E-state index contributed by atoms with van der Waals surface area (Å²) in [5.74, 6) is 0.724. The van der Waals surface area contributed by atoms with Gasteiger partial charge in [0.15, 0.2) is 0 Å². The molecular weight excluding hydrogens is 440 g/mol. The van der Waals surface area contributed by atoms with Crippen LogP contribution in [-0.2, 0) is 20.3 Å². The summed E-state index contributed by atoms with van der Waals surface area (Å²) in [5, 5.41) is 3.31. The normalized spacial score (nSPS) is 42.9. The van der Waals surface area contributed by atoms with E-state index in [4.69, 9.17) is 14.5 Å². The maximum Gasteiger partial charge on any atom is 0.256 e. The molecule has 6 aliphatic rings. The molecule has 1 N–H and O–H groups in total. The standard InChI is InChI=1S/C29H32N2O4/c32-26(31-12-10-30-11-13-31)19-6-8-21(9-7-19)28(20-4-2-1-3-5-20)33-29(35-34-28)24-15-22-14-23-16-25(29)18-27(22,23)17-24/h1-9,22-25,30H,10-18H2/t22?,23?,24?,25?,27?,28-,29?/m1/s1. The number of hydrogen-bond acceptors (Lipinski definition) is 5. The highest BCUT2D eigenvalue weighted by atomic mass is 17.3. The van der Waals surface area contributed by atoms with E-state index in [1.807, 2.05) is 47.4 Å². The van der Waals surface area contributed by atoms with E-state index in [0.717, 1.165) is 49.1 Å². The number of amides is 1. The summed E-state index contributed by atoms with van der Waals surface area (Å²) in [6.07, 6.45) is 6.21. The summed E-state index contributed by atoms with van der Waals surface area (Å²) < 4.78 is 7.14.